The van der Waals surface area contributed by atoms with E-state index in [1.165, 1.54) is 10.9 Å². The molecule has 18 heavy (non-hydrogen) atoms. The van der Waals surface area contributed by atoms with Crippen LogP contribution in [-0.2, 0) is 17.1 Å². The van der Waals surface area contributed by atoms with Gasteiger partial charge in [-0.25, -0.2) is 8.42 Å². The number of hydrogen-bond acceptors (Lipinski definition) is 4. The van der Waals surface area contributed by atoms with Gasteiger partial charge in [-0.2, -0.15) is 9.40 Å². The maximum Gasteiger partial charge on any atom is 0.246 e. The minimum Gasteiger partial charge on any atom is -0.312 e. The second-order valence-electron chi connectivity index (χ2n) is 5.13. The zero-order valence-electron chi connectivity index (χ0n) is 10.4. The molecule has 2 aliphatic rings. The number of rotatable bonds is 2. The molecule has 100 valence electrons. The molecule has 2 aliphatic heterocycles. The number of nitrogens with one attached hydrogen (secondary N) is 1. The average molecular weight is 270 g/mol. The summed E-state index contributed by atoms with van der Waals surface area (Å²) in [5.41, 5.74) is 0. The Kier molecular flexibility index (Phi) is 2.91. The lowest BCUT2D eigenvalue weighted by Crippen LogP contribution is -2.41. The van der Waals surface area contributed by atoms with Gasteiger partial charge in [0.1, 0.15) is 4.90 Å². The number of piperidine rings is 1. The molecule has 0 spiro atoms. The molecule has 1 N–H and O–H groups in total. The summed E-state index contributed by atoms with van der Waals surface area (Å²) < 4.78 is 28.0. The van der Waals surface area contributed by atoms with Gasteiger partial charge < -0.3 is 5.32 Å². The molecule has 3 heterocycles. The average Bonchev–Trinajstić information content (AvgIpc) is 2.94. The molecular formula is C11H18N4O2S. The number of nitrogens with zero attached hydrogens (tertiary/aromatic N) is 3. The first-order valence-corrected chi connectivity index (χ1v) is 7.73. The molecule has 7 heteroatoms. The second kappa shape index (κ2) is 4.32. The highest BCUT2D eigenvalue weighted by molar-refractivity contribution is 7.89. The molecule has 0 radical (unpaired) electrons. The molecule has 2 saturated heterocycles. The SMILES string of the molecule is Cn1cc(S(=O)(=O)N2CC3CCCNC3C2)cn1. The number of sulfonamides is 1. The molecule has 6 nitrogen and oxygen atoms in total. The van der Waals surface area contributed by atoms with Crippen LogP contribution in [0.5, 0.6) is 0 Å². The Morgan fingerprint density at radius 1 is 1.44 bits per heavy atom. The van der Waals surface area contributed by atoms with Crippen LogP contribution in [0.2, 0.25) is 0 Å². The van der Waals surface area contributed by atoms with Gasteiger partial charge in [0, 0.05) is 32.4 Å². The fourth-order valence-corrected chi connectivity index (χ4v) is 4.39. The van der Waals surface area contributed by atoms with E-state index < -0.39 is 10.0 Å². The van der Waals surface area contributed by atoms with Crippen LogP contribution in [0.4, 0.5) is 0 Å². The van der Waals surface area contributed by atoms with E-state index in [1.54, 1.807) is 17.5 Å². The van der Waals surface area contributed by atoms with Crippen LogP contribution >= 0.6 is 0 Å². The summed E-state index contributed by atoms with van der Waals surface area (Å²) in [6.45, 7) is 2.22. The normalized spacial score (nSPS) is 29.4. The van der Waals surface area contributed by atoms with E-state index in [-0.39, 0.29) is 0 Å². The summed E-state index contributed by atoms with van der Waals surface area (Å²) in [6.07, 6.45) is 5.24. The van der Waals surface area contributed by atoms with Crippen molar-refractivity contribution in [3.63, 3.8) is 0 Å². The molecule has 2 unspecified atom stereocenters. The molecule has 1 aromatic heterocycles. The van der Waals surface area contributed by atoms with Gasteiger partial charge in [-0.05, 0) is 25.3 Å². The van der Waals surface area contributed by atoms with Crippen molar-refractivity contribution in [1.29, 1.82) is 0 Å². The lowest BCUT2D eigenvalue weighted by atomic mass is 9.94. The van der Waals surface area contributed by atoms with Crippen LogP contribution in [0.3, 0.4) is 0 Å². The second-order valence-corrected chi connectivity index (χ2v) is 7.07. The van der Waals surface area contributed by atoms with Crippen LogP contribution in [0.1, 0.15) is 12.8 Å². The molecule has 1 aromatic rings. The molecule has 0 aromatic carbocycles. The highest BCUT2D eigenvalue weighted by atomic mass is 32.2. The molecule has 0 bridgehead atoms. The minimum atomic E-state index is -3.37. The smallest absolute Gasteiger partial charge is 0.246 e. The van der Waals surface area contributed by atoms with Crippen molar-refractivity contribution >= 4 is 10.0 Å². The van der Waals surface area contributed by atoms with Gasteiger partial charge in [0.15, 0.2) is 0 Å². The van der Waals surface area contributed by atoms with Gasteiger partial charge in [0.2, 0.25) is 10.0 Å². The van der Waals surface area contributed by atoms with E-state index in [9.17, 15) is 8.42 Å². The van der Waals surface area contributed by atoms with Crippen molar-refractivity contribution in [2.75, 3.05) is 19.6 Å². The Bertz CT molecular complexity index is 525. The Labute approximate surface area is 107 Å². The standard InChI is InChI=1S/C11H18N4O2S/c1-14-7-10(5-13-14)18(16,17)15-6-9-3-2-4-12-11(9)8-15/h5,7,9,11-12H,2-4,6,8H2,1H3. The van der Waals surface area contributed by atoms with E-state index in [4.69, 9.17) is 0 Å². The van der Waals surface area contributed by atoms with Crippen LogP contribution in [0, 0.1) is 5.92 Å². The van der Waals surface area contributed by atoms with E-state index in [0.29, 0.717) is 29.9 Å². The van der Waals surface area contributed by atoms with Crippen molar-refractivity contribution in [2.24, 2.45) is 13.0 Å². The predicted octanol–water partition coefficient (Wildman–Crippen LogP) is -0.207. The van der Waals surface area contributed by atoms with Crippen molar-refractivity contribution in [1.82, 2.24) is 19.4 Å². The van der Waals surface area contributed by atoms with E-state index >= 15 is 0 Å². The quantitative estimate of drug-likeness (QED) is 0.807. The number of fused-ring (bicyclic) bond motifs is 1. The largest absolute Gasteiger partial charge is 0.312 e. The molecule has 0 saturated carbocycles. The van der Waals surface area contributed by atoms with Crippen LogP contribution in [-0.4, -0.2) is 48.2 Å². The van der Waals surface area contributed by atoms with E-state index in [2.05, 4.69) is 10.4 Å². The summed E-state index contributed by atoms with van der Waals surface area (Å²) in [4.78, 5) is 0.295. The Morgan fingerprint density at radius 3 is 2.94 bits per heavy atom. The van der Waals surface area contributed by atoms with Gasteiger partial charge in [0.05, 0.1) is 6.20 Å². The van der Waals surface area contributed by atoms with Crippen molar-refractivity contribution in [3.8, 4) is 0 Å². The first kappa shape index (κ1) is 12.1. The third-order valence-corrected chi connectivity index (χ3v) is 5.67. The van der Waals surface area contributed by atoms with Gasteiger partial charge in [0.25, 0.3) is 0 Å². The third-order valence-electron chi connectivity index (χ3n) is 3.88. The van der Waals surface area contributed by atoms with Crippen molar-refractivity contribution in [2.45, 2.75) is 23.8 Å². The number of hydrogen-bond donors (Lipinski definition) is 1. The topological polar surface area (TPSA) is 67.2 Å². The summed E-state index contributed by atoms with van der Waals surface area (Å²) in [7, 11) is -1.64. The van der Waals surface area contributed by atoms with Gasteiger partial charge in [-0.3, -0.25) is 4.68 Å². The lowest BCUT2D eigenvalue weighted by molar-refractivity contribution is 0.339. The summed E-state index contributed by atoms with van der Waals surface area (Å²) in [5.74, 6) is 0.463. The molecule has 0 aliphatic carbocycles. The fourth-order valence-electron chi connectivity index (χ4n) is 2.88. The molecular weight excluding hydrogens is 252 g/mol. The third kappa shape index (κ3) is 1.96. The maximum absolute atomic E-state index is 12.4. The Morgan fingerprint density at radius 2 is 2.28 bits per heavy atom. The zero-order chi connectivity index (χ0) is 12.8. The first-order valence-electron chi connectivity index (χ1n) is 6.29. The highest BCUT2D eigenvalue weighted by Crippen LogP contribution is 2.29. The molecule has 2 atom stereocenters. The molecule has 3 rings (SSSR count). The summed E-state index contributed by atoms with van der Waals surface area (Å²) >= 11 is 0. The van der Waals surface area contributed by atoms with Crippen molar-refractivity contribution < 1.29 is 8.42 Å². The van der Waals surface area contributed by atoms with Gasteiger partial charge in [-0.1, -0.05) is 0 Å². The minimum absolute atomic E-state index is 0.295. The monoisotopic (exact) mass is 270 g/mol. The fraction of sp³-hybridized carbons (Fsp3) is 0.727. The highest BCUT2D eigenvalue weighted by Gasteiger charge is 2.40. The summed E-state index contributed by atoms with van der Waals surface area (Å²) in [6, 6.07) is 0.324. The van der Waals surface area contributed by atoms with Gasteiger partial charge in [-0.15, -0.1) is 0 Å². The first-order chi connectivity index (χ1) is 8.57. The van der Waals surface area contributed by atoms with Crippen LogP contribution in [0.25, 0.3) is 0 Å². The van der Waals surface area contributed by atoms with Crippen LogP contribution in [0.15, 0.2) is 17.3 Å². The predicted molar refractivity (Wildman–Crippen MR) is 66.5 cm³/mol. The number of aryl methyl sites for hydroxylation is 1. The lowest BCUT2D eigenvalue weighted by Gasteiger charge is -2.24. The van der Waals surface area contributed by atoms with Gasteiger partial charge >= 0.3 is 0 Å². The summed E-state index contributed by atoms with van der Waals surface area (Å²) in [5, 5.41) is 7.35. The maximum atomic E-state index is 12.4. The van der Waals surface area contributed by atoms with Crippen LogP contribution < -0.4 is 5.32 Å². The number of aromatic nitrogens is 2. The molecule has 0 amide bonds. The van der Waals surface area contributed by atoms with Crippen molar-refractivity contribution in [3.05, 3.63) is 12.4 Å². The van der Waals surface area contributed by atoms with E-state index in [0.717, 1.165) is 19.4 Å². The molecule has 2 fully saturated rings. The Balaban J connectivity index is 1.83. The zero-order valence-corrected chi connectivity index (χ0v) is 11.2. The van der Waals surface area contributed by atoms with E-state index in [1.807, 2.05) is 0 Å². The Hall–Kier alpha value is -0.920.